The number of carbonyl (C=O) groups is 6. The summed E-state index contributed by atoms with van der Waals surface area (Å²) in [4.78, 5) is 77.2. The molecule has 0 saturated carbocycles. The first-order valence-electron chi connectivity index (χ1n) is 24.6. The van der Waals surface area contributed by atoms with E-state index < -0.39 is 90.2 Å². The predicted octanol–water partition coefficient (Wildman–Crippen LogP) is 8.94. The van der Waals surface area contributed by atoms with Crippen molar-refractivity contribution in [2.45, 2.75) is 216 Å². The summed E-state index contributed by atoms with van der Waals surface area (Å²) in [6, 6.07) is 0. The maximum atomic E-state index is 13.7. The van der Waals surface area contributed by atoms with Crippen molar-refractivity contribution >= 4 is 35.8 Å². The molecular formula is C52H86O15. The molecule has 0 bridgehead atoms. The summed E-state index contributed by atoms with van der Waals surface area (Å²) in [5.74, 6) is -5.11. The second-order valence-electron chi connectivity index (χ2n) is 20.5. The van der Waals surface area contributed by atoms with Gasteiger partial charge in [-0.2, -0.15) is 0 Å². The van der Waals surface area contributed by atoms with Gasteiger partial charge in [-0.1, -0.05) is 81.4 Å². The van der Waals surface area contributed by atoms with E-state index in [0.29, 0.717) is 38.5 Å². The molecule has 0 aromatic carbocycles. The van der Waals surface area contributed by atoms with Gasteiger partial charge in [-0.25, -0.2) is 4.79 Å². The third kappa shape index (κ3) is 20.4. The Kier molecular flexibility index (Phi) is 25.3. The molecule has 384 valence electrons. The molecule has 0 aromatic rings. The normalized spacial score (nSPS) is 24.9. The highest BCUT2D eigenvalue weighted by molar-refractivity contribution is 5.87. The minimum Gasteiger partial charge on any atom is -0.469 e. The molecule has 0 amide bonds. The van der Waals surface area contributed by atoms with Crippen LogP contribution in [0.15, 0.2) is 23.3 Å². The van der Waals surface area contributed by atoms with Crippen LogP contribution in [0.5, 0.6) is 0 Å². The minimum absolute atomic E-state index is 0.00306. The topological polar surface area (TPSA) is 196 Å². The Balaban J connectivity index is 2.62. The molecule has 2 fully saturated rings. The van der Waals surface area contributed by atoms with Gasteiger partial charge in [0.2, 0.25) is 0 Å². The zero-order valence-electron chi connectivity index (χ0n) is 43.4. The number of aliphatic hydroxyl groups is 1. The lowest BCUT2D eigenvalue weighted by molar-refractivity contribution is -0.347. The number of carbonyl (C=O) groups excluding carboxylic acids is 6. The van der Waals surface area contributed by atoms with Crippen molar-refractivity contribution in [2.24, 2.45) is 41.4 Å². The van der Waals surface area contributed by atoms with Gasteiger partial charge in [-0.05, 0) is 87.0 Å². The summed E-state index contributed by atoms with van der Waals surface area (Å²) in [7, 11) is 2.65. The SMILES string of the molecule is CCC(=O)O[C@H](C/C=C(\C)C(=O)OC)[C@H](C)[C@H](OC(C)=O)[C@H](C[C@H](C)[C@H](OC(=O)CC(C)C)[C@@H]1C[C@H](C)C[C@]2(C[C@@H](C)C[C@@H]([C@@H](O)/C(C)=C/CC[C@H](C)CC(=O)OC)O2)O1)OC(=O)CC(C)C. The monoisotopic (exact) mass is 951 g/mol. The maximum Gasteiger partial charge on any atom is 0.333 e. The summed E-state index contributed by atoms with van der Waals surface area (Å²) >= 11 is 0. The van der Waals surface area contributed by atoms with Crippen LogP contribution in [0.1, 0.15) is 167 Å². The lowest BCUT2D eigenvalue weighted by Crippen LogP contribution is -2.57. The number of hydrogen-bond acceptors (Lipinski definition) is 15. The van der Waals surface area contributed by atoms with Gasteiger partial charge in [0.15, 0.2) is 5.79 Å². The molecular weight excluding hydrogens is 865 g/mol. The molecule has 2 aliphatic heterocycles. The van der Waals surface area contributed by atoms with Gasteiger partial charge in [0.1, 0.15) is 30.5 Å². The number of esters is 6. The van der Waals surface area contributed by atoms with Crippen molar-refractivity contribution in [1.82, 2.24) is 0 Å². The van der Waals surface area contributed by atoms with E-state index in [0.717, 1.165) is 12.0 Å². The fourth-order valence-electron chi connectivity index (χ4n) is 9.32. The van der Waals surface area contributed by atoms with Crippen LogP contribution >= 0.6 is 0 Å². The van der Waals surface area contributed by atoms with Crippen molar-refractivity contribution < 1.29 is 71.8 Å². The average molecular weight is 951 g/mol. The van der Waals surface area contributed by atoms with Crippen molar-refractivity contribution in [3.8, 4) is 0 Å². The van der Waals surface area contributed by atoms with E-state index in [1.54, 1.807) is 26.8 Å². The van der Waals surface area contributed by atoms with Gasteiger partial charge in [0.25, 0.3) is 0 Å². The third-order valence-corrected chi connectivity index (χ3v) is 12.7. The van der Waals surface area contributed by atoms with Crippen molar-refractivity contribution in [3.05, 3.63) is 23.3 Å². The van der Waals surface area contributed by atoms with Crippen LogP contribution in [-0.2, 0) is 66.7 Å². The average Bonchev–Trinajstić information content (AvgIpc) is 3.23. The van der Waals surface area contributed by atoms with E-state index >= 15 is 0 Å². The Morgan fingerprint density at radius 2 is 1.25 bits per heavy atom. The summed E-state index contributed by atoms with van der Waals surface area (Å²) in [6.07, 6.45) is 1.79. The molecule has 0 aromatic heterocycles. The number of rotatable bonds is 26. The first-order chi connectivity index (χ1) is 31.3. The molecule has 0 radical (unpaired) electrons. The largest absolute Gasteiger partial charge is 0.469 e. The molecule has 2 saturated heterocycles. The van der Waals surface area contributed by atoms with Crippen molar-refractivity contribution in [1.29, 1.82) is 0 Å². The molecule has 2 aliphatic rings. The summed E-state index contributed by atoms with van der Waals surface area (Å²) in [6.45, 7) is 23.8. The van der Waals surface area contributed by atoms with Crippen LogP contribution in [-0.4, -0.2) is 104 Å². The van der Waals surface area contributed by atoms with E-state index in [2.05, 4.69) is 13.8 Å². The first-order valence-corrected chi connectivity index (χ1v) is 24.6. The Morgan fingerprint density at radius 1 is 0.701 bits per heavy atom. The van der Waals surface area contributed by atoms with Crippen molar-refractivity contribution in [2.75, 3.05) is 14.2 Å². The Morgan fingerprint density at radius 3 is 1.79 bits per heavy atom. The number of aliphatic hydroxyl groups excluding tert-OH is 1. The summed E-state index contributed by atoms with van der Waals surface area (Å²) in [5, 5.41) is 11.7. The fraction of sp³-hybridized carbons (Fsp3) is 0.808. The maximum absolute atomic E-state index is 13.7. The summed E-state index contributed by atoms with van der Waals surface area (Å²) in [5.41, 5.74) is 1.06. The van der Waals surface area contributed by atoms with E-state index in [9.17, 15) is 33.9 Å². The second-order valence-corrected chi connectivity index (χ2v) is 20.5. The molecule has 2 heterocycles. The lowest BCUT2D eigenvalue weighted by atomic mass is 9.79. The van der Waals surface area contributed by atoms with Crippen LogP contribution in [0.3, 0.4) is 0 Å². The predicted molar refractivity (Wildman–Crippen MR) is 252 cm³/mol. The molecule has 0 unspecified atom stereocenters. The highest BCUT2D eigenvalue weighted by Crippen LogP contribution is 2.46. The van der Waals surface area contributed by atoms with Crippen LogP contribution in [0.25, 0.3) is 0 Å². The molecule has 1 N–H and O–H groups in total. The third-order valence-electron chi connectivity index (χ3n) is 12.7. The van der Waals surface area contributed by atoms with E-state index in [-0.39, 0.29) is 73.2 Å². The van der Waals surface area contributed by atoms with Gasteiger partial charge < -0.3 is 43.0 Å². The molecule has 2 rings (SSSR count). The molecule has 0 aliphatic carbocycles. The highest BCUT2D eigenvalue weighted by atomic mass is 16.7. The number of methoxy groups -OCH3 is 2. The van der Waals surface area contributed by atoms with Gasteiger partial charge in [-0.3, -0.25) is 24.0 Å². The van der Waals surface area contributed by atoms with Gasteiger partial charge >= 0.3 is 35.8 Å². The Bertz CT molecular complexity index is 1670. The smallest absolute Gasteiger partial charge is 0.333 e. The Labute approximate surface area is 401 Å². The molecule has 15 nitrogen and oxygen atoms in total. The molecule has 67 heavy (non-hydrogen) atoms. The zero-order valence-corrected chi connectivity index (χ0v) is 43.4. The first kappa shape index (κ1) is 59.3. The second kappa shape index (κ2) is 28.6. The quantitative estimate of drug-likeness (QED) is 0.0373. The lowest BCUT2D eigenvalue weighted by Gasteiger charge is -2.52. The van der Waals surface area contributed by atoms with E-state index in [4.69, 9.17) is 37.9 Å². The molecule has 1 spiro atoms. The van der Waals surface area contributed by atoms with Crippen LogP contribution in [0.4, 0.5) is 0 Å². The number of ether oxygens (including phenoxy) is 8. The molecule has 15 heteroatoms. The number of hydrogen-bond donors (Lipinski definition) is 1. The van der Waals surface area contributed by atoms with Crippen molar-refractivity contribution in [3.63, 3.8) is 0 Å². The minimum atomic E-state index is -1.14. The Hall–Kier alpha value is -3.82. The fourth-order valence-corrected chi connectivity index (χ4v) is 9.32. The van der Waals surface area contributed by atoms with Crippen LogP contribution in [0, 0.1) is 41.4 Å². The standard InChI is InChI=1S/C52H86O15/c1-16-44(54)63-40(21-20-36(10)51(59)61-15)38(12)50(62-39(13)53)42(64-46(56)22-30(2)3)27-37(11)49(65-47(57)23-31(4)5)43-25-34(8)29-52(67-43)28-33(7)24-41(66-52)48(58)35(9)19-17-18-32(6)26-45(55)60-14/h19-20,30-34,37-38,40-43,48-50,58H,16-18,21-29H2,1-15H3/b35-19+,36-20+/t32-,33-,34-,37-,38-,40+,41-,42-,43-,48-,49-,50-,52-/m0/s1. The summed E-state index contributed by atoms with van der Waals surface area (Å²) < 4.78 is 48.2. The van der Waals surface area contributed by atoms with Gasteiger partial charge in [-0.15, -0.1) is 0 Å². The molecule has 13 atom stereocenters. The zero-order chi connectivity index (χ0) is 50.8. The van der Waals surface area contributed by atoms with Crippen LogP contribution < -0.4 is 0 Å². The number of allylic oxidation sites excluding steroid dienone is 1. The van der Waals surface area contributed by atoms with Gasteiger partial charge in [0, 0.05) is 63.4 Å². The van der Waals surface area contributed by atoms with E-state index in [1.807, 2.05) is 54.5 Å². The van der Waals surface area contributed by atoms with Crippen LogP contribution in [0.2, 0.25) is 0 Å². The van der Waals surface area contributed by atoms with Gasteiger partial charge in [0.05, 0.1) is 26.4 Å². The van der Waals surface area contributed by atoms with E-state index in [1.165, 1.54) is 21.1 Å². The highest BCUT2D eigenvalue weighted by Gasteiger charge is 2.51.